The van der Waals surface area contributed by atoms with Crippen LogP contribution in [0.15, 0.2) is 42.0 Å². The fourth-order valence-corrected chi connectivity index (χ4v) is 2.47. The number of rotatable bonds is 2. The van der Waals surface area contributed by atoms with Crippen LogP contribution in [0.25, 0.3) is 0 Å². The van der Waals surface area contributed by atoms with Crippen LogP contribution in [0.3, 0.4) is 0 Å². The molecule has 0 N–H and O–H groups in total. The van der Waals surface area contributed by atoms with Gasteiger partial charge in [-0.25, -0.2) is 0 Å². The first-order valence-electron chi connectivity index (χ1n) is 6.76. The van der Waals surface area contributed by atoms with Crippen molar-refractivity contribution in [1.82, 2.24) is 0 Å². The van der Waals surface area contributed by atoms with E-state index >= 15 is 0 Å². The molecule has 112 valence electrons. The van der Waals surface area contributed by atoms with Crippen LogP contribution in [-0.4, -0.2) is 5.97 Å². The molecule has 21 heavy (non-hydrogen) atoms. The second-order valence-electron chi connectivity index (χ2n) is 5.88. The number of carbonyl (C=O) groups excluding carboxylic acids is 1. The fourth-order valence-electron chi connectivity index (χ4n) is 2.32. The third kappa shape index (κ3) is 4.91. The van der Waals surface area contributed by atoms with Crippen LogP contribution in [0.4, 0.5) is 0 Å². The van der Waals surface area contributed by atoms with Gasteiger partial charge in [0.1, 0.15) is 0 Å². The van der Waals surface area contributed by atoms with E-state index in [2.05, 4.69) is 10.8 Å². The SMILES string of the molecule is CC(C)=CC1C(C(=O)OC#N)C1(C)C.Clc1ccccc1. The van der Waals surface area contributed by atoms with E-state index in [1.54, 1.807) is 0 Å². The summed E-state index contributed by atoms with van der Waals surface area (Å²) < 4.78 is 4.35. The lowest BCUT2D eigenvalue weighted by Gasteiger charge is -1.97. The van der Waals surface area contributed by atoms with Crippen LogP contribution in [0.1, 0.15) is 27.7 Å². The monoisotopic (exact) mass is 305 g/mol. The topological polar surface area (TPSA) is 50.1 Å². The van der Waals surface area contributed by atoms with Gasteiger partial charge in [0, 0.05) is 5.02 Å². The van der Waals surface area contributed by atoms with Gasteiger partial charge in [0.05, 0.1) is 5.92 Å². The van der Waals surface area contributed by atoms with Crippen molar-refractivity contribution in [2.75, 3.05) is 0 Å². The van der Waals surface area contributed by atoms with Gasteiger partial charge in [-0.2, -0.15) is 0 Å². The first kappa shape index (κ1) is 17.3. The van der Waals surface area contributed by atoms with Gasteiger partial charge in [0.25, 0.3) is 6.26 Å². The summed E-state index contributed by atoms with van der Waals surface area (Å²) in [6.07, 6.45) is 3.50. The minimum absolute atomic E-state index is 0.0643. The van der Waals surface area contributed by atoms with Crippen molar-refractivity contribution in [2.45, 2.75) is 27.7 Å². The van der Waals surface area contributed by atoms with E-state index in [1.165, 1.54) is 11.8 Å². The molecule has 1 saturated carbocycles. The van der Waals surface area contributed by atoms with Crippen LogP contribution in [0.5, 0.6) is 0 Å². The molecule has 0 heterocycles. The first-order chi connectivity index (χ1) is 9.80. The molecule has 0 spiro atoms. The van der Waals surface area contributed by atoms with E-state index in [1.807, 2.05) is 58.0 Å². The van der Waals surface area contributed by atoms with Crippen molar-refractivity contribution in [3.63, 3.8) is 0 Å². The zero-order valence-corrected chi connectivity index (χ0v) is 13.5. The molecule has 0 radical (unpaired) electrons. The normalized spacial score (nSPS) is 21.1. The van der Waals surface area contributed by atoms with Crippen molar-refractivity contribution in [2.24, 2.45) is 17.3 Å². The van der Waals surface area contributed by atoms with E-state index in [0.29, 0.717) is 0 Å². The van der Waals surface area contributed by atoms with E-state index in [4.69, 9.17) is 16.9 Å². The number of carbonyl (C=O) groups is 1. The van der Waals surface area contributed by atoms with E-state index in [-0.39, 0.29) is 17.3 Å². The first-order valence-corrected chi connectivity index (χ1v) is 7.13. The average molecular weight is 306 g/mol. The molecule has 1 aromatic rings. The van der Waals surface area contributed by atoms with Crippen LogP contribution < -0.4 is 0 Å². The summed E-state index contributed by atoms with van der Waals surface area (Å²) >= 11 is 5.54. The highest BCUT2D eigenvalue weighted by molar-refractivity contribution is 6.30. The van der Waals surface area contributed by atoms with Gasteiger partial charge >= 0.3 is 5.97 Å². The second-order valence-corrected chi connectivity index (χ2v) is 6.31. The number of benzene rings is 1. The molecule has 4 heteroatoms. The Bertz CT molecular complexity index is 554. The highest BCUT2D eigenvalue weighted by atomic mass is 35.5. The van der Waals surface area contributed by atoms with Crippen LogP contribution >= 0.6 is 11.6 Å². The summed E-state index contributed by atoms with van der Waals surface area (Å²) in [6, 6.07) is 9.44. The summed E-state index contributed by atoms with van der Waals surface area (Å²) in [5, 5.41) is 9.04. The van der Waals surface area contributed by atoms with Gasteiger partial charge < -0.3 is 4.74 Å². The third-order valence-corrected chi connectivity index (χ3v) is 3.81. The molecule has 0 aromatic heterocycles. The highest BCUT2D eigenvalue weighted by Gasteiger charge is 2.61. The molecule has 2 unspecified atom stereocenters. The largest absolute Gasteiger partial charge is 0.351 e. The number of hydrogen-bond donors (Lipinski definition) is 0. The summed E-state index contributed by atoms with van der Waals surface area (Å²) in [6.45, 7) is 8.03. The predicted molar refractivity (Wildman–Crippen MR) is 83.3 cm³/mol. The van der Waals surface area contributed by atoms with Gasteiger partial charge in [-0.3, -0.25) is 4.79 Å². The number of allylic oxidation sites excluding steroid dienone is 2. The highest BCUT2D eigenvalue weighted by Crippen LogP contribution is 2.59. The van der Waals surface area contributed by atoms with Crippen molar-refractivity contribution < 1.29 is 9.53 Å². The quantitative estimate of drug-likeness (QED) is 0.456. The van der Waals surface area contributed by atoms with E-state index < -0.39 is 5.97 Å². The van der Waals surface area contributed by atoms with Gasteiger partial charge in [-0.05, 0) is 37.3 Å². The van der Waals surface area contributed by atoms with E-state index in [9.17, 15) is 4.79 Å². The number of halogens is 1. The molecular weight excluding hydrogens is 286 g/mol. The van der Waals surface area contributed by atoms with Crippen LogP contribution in [0.2, 0.25) is 5.02 Å². The molecule has 0 saturated heterocycles. The Kier molecular flexibility index (Phi) is 5.99. The maximum atomic E-state index is 11.3. The summed E-state index contributed by atoms with van der Waals surface area (Å²) in [5.41, 5.74) is 1.13. The molecule has 2 rings (SSSR count). The van der Waals surface area contributed by atoms with Gasteiger partial charge in [0.2, 0.25) is 0 Å². The average Bonchev–Trinajstić information content (AvgIpc) is 2.92. The molecule has 1 aliphatic rings. The molecular formula is C17H20ClNO2. The minimum Gasteiger partial charge on any atom is -0.351 e. The third-order valence-electron chi connectivity index (χ3n) is 3.56. The molecule has 1 fully saturated rings. The number of nitrogens with zero attached hydrogens (tertiary/aromatic N) is 1. The fraction of sp³-hybridized carbons (Fsp3) is 0.412. The lowest BCUT2D eigenvalue weighted by molar-refractivity contribution is -0.139. The van der Waals surface area contributed by atoms with E-state index in [0.717, 1.165) is 5.02 Å². The molecule has 0 amide bonds. The van der Waals surface area contributed by atoms with Gasteiger partial charge in [-0.15, -0.1) is 5.26 Å². The Labute approximate surface area is 131 Å². The van der Waals surface area contributed by atoms with Crippen LogP contribution in [0, 0.1) is 28.8 Å². The van der Waals surface area contributed by atoms with Crippen molar-refractivity contribution in [3.8, 4) is 6.26 Å². The zero-order chi connectivity index (χ0) is 16.0. The molecule has 1 aromatic carbocycles. The summed E-state index contributed by atoms with van der Waals surface area (Å²) in [5.74, 6) is -0.342. The number of esters is 1. The Hall–Kier alpha value is -1.79. The van der Waals surface area contributed by atoms with Crippen molar-refractivity contribution in [3.05, 3.63) is 47.0 Å². The Morgan fingerprint density at radius 2 is 1.90 bits per heavy atom. The number of nitriles is 1. The molecule has 2 atom stereocenters. The lowest BCUT2D eigenvalue weighted by Crippen LogP contribution is -2.07. The van der Waals surface area contributed by atoms with Gasteiger partial charge in [-0.1, -0.05) is 55.3 Å². The molecule has 1 aliphatic carbocycles. The predicted octanol–water partition coefficient (Wildman–Crippen LogP) is 4.59. The maximum absolute atomic E-state index is 11.3. The smallest absolute Gasteiger partial charge is 0.325 e. The number of ether oxygens (including phenoxy) is 1. The minimum atomic E-state index is -0.403. The summed E-state index contributed by atoms with van der Waals surface area (Å²) in [7, 11) is 0. The standard InChI is InChI=1S/C11H15NO2.C6H5Cl/c1-7(2)5-8-9(11(8,3)4)10(13)14-6-12;7-6-4-2-1-3-5-6/h5,8-9H,1-4H3;1-5H. The second kappa shape index (κ2) is 7.28. The molecule has 0 aliphatic heterocycles. The summed E-state index contributed by atoms with van der Waals surface area (Å²) in [4.78, 5) is 11.3. The zero-order valence-electron chi connectivity index (χ0n) is 12.8. The Balaban J connectivity index is 0.000000262. The van der Waals surface area contributed by atoms with Crippen molar-refractivity contribution >= 4 is 17.6 Å². The van der Waals surface area contributed by atoms with Gasteiger partial charge in [0.15, 0.2) is 0 Å². The van der Waals surface area contributed by atoms with Crippen molar-refractivity contribution in [1.29, 1.82) is 5.26 Å². The molecule has 0 bridgehead atoms. The number of hydrogen-bond acceptors (Lipinski definition) is 3. The Morgan fingerprint density at radius 3 is 2.29 bits per heavy atom. The van der Waals surface area contributed by atoms with Crippen LogP contribution in [-0.2, 0) is 9.53 Å². The lowest BCUT2D eigenvalue weighted by atomic mass is 10.1. The maximum Gasteiger partial charge on any atom is 0.325 e. The Morgan fingerprint density at radius 1 is 1.33 bits per heavy atom. The molecule has 3 nitrogen and oxygen atoms in total.